The van der Waals surface area contributed by atoms with Crippen molar-refractivity contribution in [3.05, 3.63) is 34.6 Å². The molecule has 3 saturated heterocycles. The second-order valence-electron chi connectivity index (χ2n) is 11.4. The van der Waals surface area contributed by atoms with Gasteiger partial charge in [-0.25, -0.2) is 18.2 Å². The fraction of sp³-hybridized carbons (Fsp3) is 0.645. The number of aliphatic imine (C=N–C) groups is 2. The zero-order valence-corrected chi connectivity index (χ0v) is 24.3. The molecule has 4 atom stereocenters. The lowest BCUT2D eigenvalue weighted by molar-refractivity contribution is -0.122. The van der Waals surface area contributed by atoms with Crippen LogP contribution in [0.4, 0.5) is 13.2 Å². The van der Waals surface area contributed by atoms with Gasteiger partial charge in [-0.2, -0.15) is 0 Å². The molecular weight excluding hydrogens is 547 g/mol. The number of aliphatic hydroxyl groups excluding tert-OH is 1. The average Bonchev–Trinajstić information content (AvgIpc) is 3.50. The third-order valence-electron chi connectivity index (χ3n) is 8.45. The largest absolute Gasteiger partial charge is 0.463 e. The molecule has 3 aliphatic heterocycles. The van der Waals surface area contributed by atoms with Crippen LogP contribution in [-0.4, -0.2) is 91.1 Å². The van der Waals surface area contributed by atoms with Gasteiger partial charge >= 0.3 is 0 Å². The van der Waals surface area contributed by atoms with Crippen LogP contribution in [0.15, 0.2) is 22.1 Å². The minimum atomic E-state index is -0.908. The van der Waals surface area contributed by atoms with Crippen molar-refractivity contribution in [2.45, 2.75) is 88.6 Å². The third kappa shape index (κ3) is 8.04. The highest BCUT2D eigenvalue weighted by molar-refractivity contribution is 5.97. The van der Waals surface area contributed by atoms with Gasteiger partial charge in [0.2, 0.25) is 5.91 Å². The Morgan fingerprint density at radius 1 is 1.43 bits per heavy atom. The van der Waals surface area contributed by atoms with Crippen LogP contribution >= 0.6 is 0 Å². The Hall–Kier alpha value is -3.10. The molecule has 1 amide bonds. The molecule has 3 fully saturated rings. The molecule has 1 aromatic rings. The van der Waals surface area contributed by atoms with E-state index in [1.54, 1.807) is 6.07 Å². The average molecular weight is 590 g/mol. The molecule has 3 heterocycles. The van der Waals surface area contributed by atoms with Gasteiger partial charge in [0.1, 0.15) is 31.1 Å². The molecule has 2 unspecified atom stereocenters. The zero-order chi connectivity index (χ0) is 30.1. The third-order valence-corrected chi connectivity index (χ3v) is 8.45. The van der Waals surface area contributed by atoms with Gasteiger partial charge in [0.15, 0.2) is 0 Å². The van der Waals surface area contributed by atoms with E-state index in [2.05, 4.69) is 26.4 Å². The second kappa shape index (κ2) is 14.9. The van der Waals surface area contributed by atoms with Crippen molar-refractivity contribution in [3.8, 4) is 12.3 Å². The van der Waals surface area contributed by atoms with Crippen LogP contribution in [0.5, 0.6) is 0 Å². The summed E-state index contributed by atoms with van der Waals surface area (Å²) in [5.74, 6) is 2.36. The van der Waals surface area contributed by atoms with Crippen molar-refractivity contribution >= 4 is 17.8 Å². The number of hydrogen-bond acceptors (Lipinski definition) is 6. The molecule has 0 saturated carbocycles. The Morgan fingerprint density at radius 3 is 2.98 bits per heavy atom. The number of nitrogens with zero attached hydrogens (tertiary/aromatic N) is 3. The lowest BCUT2D eigenvalue weighted by Crippen LogP contribution is -2.45. The van der Waals surface area contributed by atoms with E-state index in [4.69, 9.17) is 16.2 Å². The van der Waals surface area contributed by atoms with Crippen molar-refractivity contribution < 1.29 is 27.8 Å². The quantitative estimate of drug-likeness (QED) is 0.209. The van der Waals surface area contributed by atoms with E-state index >= 15 is 0 Å². The maximum absolute atomic E-state index is 14.4. The summed E-state index contributed by atoms with van der Waals surface area (Å²) in [7, 11) is 0. The van der Waals surface area contributed by atoms with E-state index in [9.17, 15) is 23.1 Å². The molecule has 0 radical (unpaired) electrons. The van der Waals surface area contributed by atoms with Gasteiger partial charge in [0, 0.05) is 32.4 Å². The van der Waals surface area contributed by atoms with Crippen molar-refractivity contribution in [3.63, 3.8) is 0 Å². The molecule has 0 bridgehead atoms. The number of ether oxygens (including phenoxy) is 1. The first kappa shape index (κ1) is 31.8. The highest BCUT2D eigenvalue weighted by atomic mass is 19.1. The lowest BCUT2D eigenvalue weighted by atomic mass is 9.93. The number of piperidine rings is 1. The van der Waals surface area contributed by atoms with Crippen LogP contribution < -0.4 is 10.6 Å². The Kier molecular flexibility index (Phi) is 11.3. The van der Waals surface area contributed by atoms with E-state index in [1.807, 2.05) is 6.92 Å². The molecule has 0 spiro atoms. The molecule has 0 aromatic heterocycles. The summed E-state index contributed by atoms with van der Waals surface area (Å²) >= 11 is 0. The van der Waals surface area contributed by atoms with E-state index in [0.29, 0.717) is 50.2 Å². The molecule has 0 aliphatic carbocycles. The van der Waals surface area contributed by atoms with E-state index in [0.717, 1.165) is 24.9 Å². The van der Waals surface area contributed by atoms with Gasteiger partial charge < -0.3 is 15.2 Å². The van der Waals surface area contributed by atoms with Crippen molar-refractivity contribution in [2.75, 3.05) is 39.5 Å². The number of terminal acetylenes is 1. The number of rotatable bonds is 11. The lowest BCUT2D eigenvalue weighted by Gasteiger charge is -2.31. The number of halogens is 3. The fourth-order valence-electron chi connectivity index (χ4n) is 6.27. The van der Waals surface area contributed by atoms with E-state index in [1.165, 1.54) is 6.07 Å². The number of amidine groups is 2. The number of benzene rings is 1. The molecule has 230 valence electrons. The number of hydrogen-bond donors (Lipinski definition) is 3. The summed E-state index contributed by atoms with van der Waals surface area (Å²) in [6.07, 6.45) is 8.28. The number of alkyl halides is 2. The SMILES string of the molecule is C#Cc1c(F)ccc(CC)c1CC(O)CCC(=NC1CCC(=O)NC1)NC(=NCCF)OC[C@@]12CCCN1C[C@H](F)C2. The molecule has 3 N–H and O–H groups in total. The summed E-state index contributed by atoms with van der Waals surface area (Å²) in [5, 5.41) is 16.9. The zero-order valence-electron chi connectivity index (χ0n) is 24.3. The highest BCUT2D eigenvalue weighted by Gasteiger charge is 2.49. The van der Waals surface area contributed by atoms with E-state index in [-0.39, 0.29) is 55.9 Å². The Bertz CT molecular complexity index is 1190. The van der Waals surface area contributed by atoms with Crippen LogP contribution in [0.1, 0.15) is 68.6 Å². The Balaban J connectivity index is 1.47. The smallest absolute Gasteiger partial charge is 0.290 e. The molecular formula is C31H42F3N5O3. The molecule has 3 aliphatic rings. The van der Waals surface area contributed by atoms with Gasteiger partial charge in [0.05, 0.1) is 29.8 Å². The van der Waals surface area contributed by atoms with Crippen LogP contribution in [-0.2, 0) is 22.4 Å². The number of carbonyl (C=O) groups is 1. The van der Waals surface area contributed by atoms with Gasteiger partial charge in [-0.05, 0) is 62.3 Å². The normalized spacial score (nSPS) is 25.6. The first-order chi connectivity index (χ1) is 20.3. The van der Waals surface area contributed by atoms with Crippen LogP contribution in [0.2, 0.25) is 0 Å². The fourth-order valence-corrected chi connectivity index (χ4v) is 6.27. The van der Waals surface area contributed by atoms with Crippen molar-refractivity contribution in [1.29, 1.82) is 0 Å². The Labute approximate surface area is 246 Å². The van der Waals surface area contributed by atoms with Gasteiger partial charge in [0.25, 0.3) is 6.02 Å². The van der Waals surface area contributed by atoms with Crippen molar-refractivity contribution in [1.82, 2.24) is 15.5 Å². The highest BCUT2D eigenvalue weighted by Crippen LogP contribution is 2.40. The predicted molar refractivity (Wildman–Crippen MR) is 157 cm³/mol. The molecule has 8 nitrogen and oxygen atoms in total. The molecule has 4 rings (SSSR count). The predicted octanol–water partition coefficient (Wildman–Crippen LogP) is 3.24. The van der Waals surface area contributed by atoms with Gasteiger partial charge in [-0.15, -0.1) is 6.42 Å². The van der Waals surface area contributed by atoms with Gasteiger partial charge in [-0.3, -0.25) is 20.0 Å². The number of fused-ring (bicyclic) bond motifs is 1. The summed E-state index contributed by atoms with van der Waals surface area (Å²) in [6, 6.07) is 2.94. The monoisotopic (exact) mass is 589 g/mol. The number of aryl methyl sites for hydroxylation is 1. The standard InChI is InChI=1S/C31H42F3N5O3/c1-3-21-6-9-27(34)25(4-2)26(21)16-24(40)8-10-28(37-23-7-11-29(41)36-18-23)38-30(35-14-13-32)42-20-31-12-5-15-39(31)19-22(33)17-31/h2,6,9,22-24,40H,3,5,7-8,10-20H2,1H3,(H,36,41)(H,35,37,38)/t22-,23?,24?,31+/m1/s1. The molecule has 42 heavy (non-hydrogen) atoms. The maximum atomic E-state index is 14.4. The number of amides is 1. The second-order valence-corrected chi connectivity index (χ2v) is 11.4. The van der Waals surface area contributed by atoms with Crippen LogP contribution in [0.3, 0.4) is 0 Å². The molecule has 11 heteroatoms. The van der Waals surface area contributed by atoms with E-state index < -0.39 is 30.3 Å². The molecule has 1 aromatic carbocycles. The topological polar surface area (TPSA) is 98.5 Å². The van der Waals surface area contributed by atoms with Gasteiger partial charge in [-0.1, -0.05) is 18.9 Å². The minimum absolute atomic E-state index is 0.0332. The summed E-state index contributed by atoms with van der Waals surface area (Å²) in [6.45, 7) is 2.95. The maximum Gasteiger partial charge on any atom is 0.290 e. The summed E-state index contributed by atoms with van der Waals surface area (Å²) < 4.78 is 47.9. The number of carbonyl (C=O) groups excluding carboxylic acids is 1. The van der Waals surface area contributed by atoms with Crippen LogP contribution in [0, 0.1) is 18.2 Å². The number of nitrogens with one attached hydrogen (secondary N) is 2. The number of aliphatic hydroxyl groups is 1. The first-order valence-corrected chi connectivity index (χ1v) is 14.9. The summed E-state index contributed by atoms with van der Waals surface area (Å²) in [4.78, 5) is 22.8. The van der Waals surface area contributed by atoms with Crippen molar-refractivity contribution in [2.24, 2.45) is 9.98 Å². The Morgan fingerprint density at radius 2 is 2.26 bits per heavy atom. The van der Waals surface area contributed by atoms with Crippen LogP contribution in [0.25, 0.3) is 0 Å². The minimum Gasteiger partial charge on any atom is -0.463 e. The summed E-state index contributed by atoms with van der Waals surface area (Å²) in [5.41, 5.74) is 1.25. The first-order valence-electron chi connectivity index (χ1n) is 14.9.